The van der Waals surface area contributed by atoms with Gasteiger partial charge in [0.2, 0.25) is 0 Å². The van der Waals surface area contributed by atoms with E-state index in [1.165, 1.54) is 22.9 Å². The number of nitrogens with zero attached hydrogens (tertiary/aromatic N) is 4. The lowest BCUT2D eigenvalue weighted by atomic mass is 9.99. The van der Waals surface area contributed by atoms with Crippen LogP contribution < -0.4 is 9.47 Å². The minimum Gasteiger partial charge on any atom is -0.490 e. The summed E-state index contributed by atoms with van der Waals surface area (Å²) in [5.41, 5.74) is 2.31. The molecule has 27 heavy (non-hydrogen) atoms. The number of hydrogen-bond acceptors (Lipinski definition) is 5. The van der Waals surface area contributed by atoms with Crippen molar-refractivity contribution in [2.24, 2.45) is 5.10 Å². The van der Waals surface area contributed by atoms with Gasteiger partial charge in [0.05, 0.1) is 6.21 Å². The topological polar surface area (TPSA) is 61.5 Å². The van der Waals surface area contributed by atoms with Crippen LogP contribution in [-0.2, 0) is 0 Å². The molecule has 0 aliphatic rings. The van der Waals surface area contributed by atoms with Gasteiger partial charge in [-0.05, 0) is 59.9 Å². The molecule has 3 rings (SSSR count). The summed E-state index contributed by atoms with van der Waals surface area (Å²) in [4.78, 5) is 0. The lowest BCUT2D eigenvalue weighted by Gasteiger charge is -2.11. The Balaban J connectivity index is 1.41. The van der Waals surface area contributed by atoms with Gasteiger partial charge in [0.1, 0.15) is 37.4 Å². The molecule has 1 aromatic heterocycles. The maximum atomic E-state index is 5.74. The molecule has 1 atom stereocenters. The van der Waals surface area contributed by atoms with Crippen molar-refractivity contribution in [3.63, 3.8) is 0 Å². The first-order valence-electron chi connectivity index (χ1n) is 9.09. The fourth-order valence-electron chi connectivity index (χ4n) is 2.49. The smallest absolute Gasteiger partial charge is 0.141 e. The van der Waals surface area contributed by atoms with Crippen LogP contribution in [-0.4, -0.2) is 34.3 Å². The Kier molecular flexibility index (Phi) is 6.57. The molecule has 140 valence electrons. The molecule has 0 aliphatic carbocycles. The third-order valence-corrected chi connectivity index (χ3v) is 4.31. The first-order valence-corrected chi connectivity index (χ1v) is 9.09. The van der Waals surface area contributed by atoms with E-state index in [0.717, 1.165) is 23.5 Å². The van der Waals surface area contributed by atoms with E-state index in [2.05, 4.69) is 41.3 Å². The second kappa shape index (κ2) is 9.52. The molecular weight excluding hydrogens is 340 g/mol. The Hall–Kier alpha value is -3.15. The first kappa shape index (κ1) is 18.6. The summed E-state index contributed by atoms with van der Waals surface area (Å²) in [7, 11) is 0. The van der Waals surface area contributed by atoms with Crippen molar-refractivity contribution in [3.8, 4) is 11.5 Å². The van der Waals surface area contributed by atoms with Gasteiger partial charge in [0.15, 0.2) is 0 Å². The van der Waals surface area contributed by atoms with Crippen molar-refractivity contribution >= 4 is 6.21 Å². The molecule has 1 unspecified atom stereocenters. The maximum Gasteiger partial charge on any atom is 0.141 e. The van der Waals surface area contributed by atoms with E-state index >= 15 is 0 Å². The zero-order valence-corrected chi connectivity index (χ0v) is 15.7. The Labute approximate surface area is 159 Å². The number of ether oxygens (including phenoxy) is 2. The fraction of sp³-hybridized carbons (Fsp3) is 0.286. The minimum absolute atomic E-state index is 0.487. The van der Waals surface area contributed by atoms with E-state index in [1.54, 1.807) is 6.21 Å². The molecule has 6 heteroatoms. The molecule has 0 aliphatic heterocycles. The first-order chi connectivity index (χ1) is 13.2. The summed E-state index contributed by atoms with van der Waals surface area (Å²) in [6.07, 6.45) is 5.94. The zero-order valence-electron chi connectivity index (χ0n) is 15.7. The van der Waals surface area contributed by atoms with Crippen molar-refractivity contribution in [3.05, 3.63) is 72.3 Å². The zero-order chi connectivity index (χ0) is 18.9. The summed E-state index contributed by atoms with van der Waals surface area (Å²) >= 11 is 0. The highest BCUT2D eigenvalue weighted by molar-refractivity contribution is 5.79. The molecule has 0 fully saturated rings. The lowest BCUT2D eigenvalue weighted by Crippen LogP contribution is -2.09. The predicted octanol–water partition coefficient (Wildman–Crippen LogP) is 4.13. The van der Waals surface area contributed by atoms with E-state index in [1.807, 2.05) is 36.4 Å². The highest BCUT2D eigenvalue weighted by Crippen LogP contribution is 2.21. The van der Waals surface area contributed by atoms with Crippen LogP contribution in [0, 0.1) is 0 Å². The largest absolute Gasteiger partial charge is 0.490 e. The summed E-state index contributed by atoms with van der Waals surface area (Å²) in [6, 6.07) is 16.0. The summed E-state index contributed by atoms with van der Waals surface area (Å²) < 4.78 is 13.0. The van der Waals surface area contributed by atoms with Crippen LogP contribution in [0.2, 0.25) is 0 Å². The summed E-state index contributed by atoms with van der Waals surface area (Å²) in [5, 5.41) is 11.6. The molecule has 0 saturated heterocycles. The highest BCUT2D eigenvalue weighted by Gasteiger charge is 2.03. The minimum atomic E-state index is 0.487. The lowest BCUT2D eigenvalue weighted by molar-refractivity contribution is 0.217. The van der Waals surface area contributed by atoms with Crippen molar-refractivity contribution in [1.29, 1.82) is 0 Å². The van der Waals surface area contributed by atoms with E-state index in [0.29, 0.717) is 19.1 Å². The molecule has 6 nitrogen and oxygen atoms in total. The van der Waals surface area contributed by atoms with Crippen LogP contribution >= 0.6 is 0 Å². The predicted molar refractivity (Wildman–Crippen MR) is 106 cm³/mol. The van der Waals surface area contributed by atoms with Gasteiger partial charge in [-0.2, -0.15) is 5.10 Å². The third kappa shape index (κ3) is 5.67. The SMILES string of the molecule is CCC(C)c1ccc(OCCOc2ccc(/C=N/n3cnnc3)cc2)cc1. The van der Waals surface area contributed by atoms with Crippen molar-refractivity contribution in [1.82, 2.24) is 14.9 Å². The van der Waals surface area contributed by atoms with E-state index < -0.39 is 0 Å². The maximum absolute atomic E-state index is 5.74. The van der Waals surface area contributed by atoms with E-state index in [-0.39, 0.29) is 0 Å². The van der Waals surface area contributed by atoms with Gasteiger partial charge in [-0.1, -0.05) is 26.0 Å². The van der Waals surface area contributed by atoms with Crippen LogP contribution in [0.1, 0.15) is 37.3 Å². The van der Waals surface area contributed by atoms with Gasteiger partial charge < -0.3 is 9.47 Å². The van der Waals surface area contributed by atoms with Crippen LogP contribution in [0.5, 0.6) is 11.5 Å². The van der Waals surface area contributed by atoms with Gasteiger partial charge in [-0.3, -0.25) is 0 Å². The van der Waals surface area contributed by atoms with Crippen molar-refractivity contribution in [2.45, 2.75) is 26.2 Å². The third-order valence-electron chi connectivity index (χ3n) is 4.31. The van der Waals surface area contributed by atoms with Gasteiger partial charge in [0.25, 0.3) is 0 Å². The molecule has 0 radical (unpaired) electrons. The molecule has 0 saturated carbocycles. The Morgan fingerprint density at radius 1 is 0.926 bits per heavy atom. The summed E-state index contributed by atoms with van der Waals surface area (Å²) in [5.74, 6) is 2.24. The molecule has 0 bridgehead atoms. The average molecular weight is 364 g/mol. The van der Waals surface area contributed by atoms with Gasteiger partial charge in [-0.15, -0.1) is 10.2 Å². The van der Waals surface area contributed by atoms with Gasteiger partial charge >= 0.3 is 0 Å². The number of aromatic nitrogens is 3. The quantitative estimate of drug-likeness (QED) is 0.423. The van der Waals surface area contributed by atoms with Crippen molar-refractivity contribution < 1.29 is 9.47 Å². The molecule has 0 spiro atoms. The standard InChI is InChI=1S/C21H24N4O2/c1-3-17(2)19-6-10-21(11-7-19)27-13-12-26-20-8-4-18(5-9-20)14-24-25-15-22-23-16-25/h4-11,14-17H,3,12-13H2,1-2H3/b24-14+. The normalized spacial score (nSPS) is 12.2. The van der Waals surface area contributed by atoms with Gasteiger partial charge in [0, 0.05) is 0 Å². The molecule has 2 aromatic carbocycles. The average Bonchev–Trinajstić information content (AvgIpc) is 3.24. The van der Waals surface area contributed by atoms with E-state index in [4.69, 9.17) is 9.47 Å². The molecule has 3 aromatic rings. The van der Waals surface area contributed by atoms with Crippen LogP contribution in [0.4, 0.5) is 0 Å². The fourth-order valence-corrected chi connectivity index (χ4v) is 2.49. The number of benzene rings is 2. The summed E-state index contributed by atoms with van der Waals surface area (Å²) in [6.45, 7) is 5.42. The Morgan fingerprint density at radius 2 is 1.48 bits per heavy atom. The monoisotopic (exact) mass is 364 g/mol. The Bertz CT molecular complexity index is 828. The molecule has 0 amide bonds. The van der Waals surface area contributed by atoms with Crippen LogP contribution in [0.15, 0.2) is 66.3 Å². The highest BCUT2D eigenvalue weighted by atomic mass is 16.5. The molecule has 0 N–H and O–H groups in total. The molecule has 1 heterocycles. The number of rotatable bonds is 9. The van der Waals surface area contributed by atoms with Crippen molar-refractivity contribution in [2.75, 3.05) is 13.2 Å². The van der Waals surface area contributed by atoms with Gasteiger partial charge in [-0.25, -0.2) is 4.68 Å². The second-order valence-corrected chi connectivity index (χ2v) is 6.23. The van der Waals surface area contributed by atoms with E-state index in [9.17, 15) is 0 Å². The second-order valence-electron chi connectivity index (χ2n) is 6.23. The molecular formula is C21H24N4O2. The van der Waals surface area contributed by atoms with Crippen LogP contribution in [0.25, 0.3) is 0 Å². The number of hydrogen-bond donors (Lipinski definition) is 0. The Morgan fingerprint density at radius 3 is 2.04 bits per heavy atom. The van der Waals surface area contributed by atoms with Crippen LogP contribution in [0.3, 0.4) is 0 Å².